The summed E-state index contributed by atoms with van der Waals surface area (Å²) in [5.41, 5.74) is 15.8. The van der Waals surface area contributed by atoms with Crippen LogP contribution >= 0.6 is 22.7 Å². The molecule has 0 fully saturated rings. The van der Waals surface area contributed by atoms with Crippen molar-refractivity contribution in [1.82, 2.24) is 9.13 Å². The first-order chi connectivity index (χ1) is 39.6. The number of nitriles is 1. The largest absolute Gasteiger partial charge is 0.318 e. The molecule has 0 amide bonds. The second-order valence-corrected chi connectivity index (χ2v) is 22.5. The summed E-state index contributed by atoms with van der Waals surface area (Å²) in [7, 11) is 0. The van der Waals surface area contributed by atoms with E-state index in [0.29, 0.717) is 22.5 Å². The van der Waals surface area contributed by atoms with Crippen molar-refractivity contribution in [3.63, 3.8) is 0 Å². The van der Waals surface area contributed by atoms with E-state index < -0.39 is 0 Å². The second-order valence-electron chi connectivity index (χ2n) is 20.4. The first-order valence-corrected chi connectivity index (χ1v) is 28.4. The Labute approximate surface area is 468 Å². The van der Waals surface area contributed by atoms with E-state index in [1.54, 1.807) is 11.3 Å². The third kappa shape index (κ3) is 6.77. The normalized spacial score (nSPS) is 11.7. The summed E-state index contributed by atoms with van der Waals surface area (Å²) in [5, 5.41) is 21.6. The Morgan fingerprint density at radius 1 is 0.350 bits per heavy atom. The average molecular weight is 1050 g/mol. The van der Waals surface area contributed by atoms with Gasteiger partial charge in [-0.25, -0.2) is 4.85 Å². The summed E-state index contributed by atoms with van der Waals surface area (Å²) < 4.78 is 9.44. The molecular weight excluding hydrogens is 1010 g/mol. The zero-order chi connectivity index (χ0) is 53.0. The maximum Gasteiger partial charge on any atom is 0.220 e. The smallest absolute Gasteiger partial charge is 0.220 e. The number of thiophene rings is 2. The summed E-state index contributed by atoms with van der Waals surface area (Å²) in [5.74, 6) is 0. The Morgan fingerprint density at radius 3 is 1.40 bits per heavy atom. The monoisotopic (exact) mass is 1050 g/mol. The van der Waals surface area contributed by atoms with Crippen molar-refractivity contribution in [3.05, 3.63) is 272 Å². The molecule has 0 aliphatic carbocycles. The lowest BCUT2D eigenvalue weighted by Gasteiger charge is -2.26. The van der Waals surface area contributed by atoms with Crippen LogP contribution in [0.5, 0.6) is 0 Å². The summed E-state index contributed by atoms with van der Waals surface area (Å²) in [6.07, 6.45) is 0. The van der Waals surface area contributed by atoms with E-state index in [1.807, 2.05) is 23.5 Å². The third-order valence-electron chi connectivity index (χ3n) is 16.2. The summed E-state index contributed by atoms with van der Waals surface area (Å²) in [6.45, 7) is 9.66. The maximum absolute atomic E-state index is 12.6. The van der Waals surface area contributed by atoms with Crippen molar-refractivity contribution in [2.75, 3.05) is 0 Å². The molecule has 0 saturated heterocycles. The van der Waals surface area contributed by atoms with Gasteiger partial charge in [0.25, 0.3) is 0 Å². The zero-order valence-electron chi connectivity index (χ0n) is 42.9. The van der Waals surface area contributed by atoms with E-state index in [2.05, 4.69) is 258 Å². The molecule has 16 rings (SSSR count). The lowest BCUT2D eigenvalue weighted by molar-refractivity contribution is 1.14. The van der Waals surface area contributed by atoms with Gasteiger partial charge in [-0.15, -0.1) is 22.7 Å². The van der Waals surface area contributed by atoms with Gasteiger partial charge >= 0.3 is 0 Å². The summed E-state index contributed by atoms with van der Waals surface area (Å²) in [6, 6.07) is 93.3. The van der Waals surface area contributed by atoms with E-state index in [4.69, 9.17) is 4.85 Å². The van der Waals surface area contributed by atoms with E-state index in [9.17, 15) is 11.8 Å². The van der Waals surface area contributed by atoms with Crippen LogP contribution < -0.4 is 0 Å². The minimum atomic E-state index is 0.398. The van der Waals surface area contributed by atoms with Gasteiger partial charge in [0.15, 0.2) is 0 Å². The fraction of sp³-hybridized carbons (Fsp3) is 0. The molecule has 0 saturated carbocycles. The molecule has 0 spiro atoms. The minimum absolute atomic E-state index is 0.398. The number of nitrogens with zero attached hydrogens (tertiary/aromatic N) is 4. The highest BCUT2D eigenvalue weighted by Crippen LogP contribution is 2.55. The lowest BCUT2D eigenvalue weighted by Crippen LogP contribution is -2.09. The Hall–Kier alpha value is -10.3. The van der Waals surface area contributed by atoms with Crippen molar-refractivity contribution in [1.29, 1.82) is 5.26 Å². The first-order valence-electron chi connectivity index (χ1n) is 26.8. The number of para-hydroxylation sites is 2. The number of fused-ring (bicyclic) bond motifs is 14. The molecule has 0 radical (unpaired) electrons. The van der Waals surface area contributed by atoms with E-state index >= 15 is 0 Å². The molecule has 370 valence electrons. The Kier molecular flexibility index (Phi) is 10.4. The zero-order valence-corrected chi connectivity index (χ0v) is 44.5. The predicted molar refractivity (Wildman–Crippen MR) is 339 cm³/mol. The average Bonchev–Trinajstić information content (AvgIpc) is 4.47. The van der Waals surface area contributed by atoms with Crippen LogP contribution in [0.1, 0.15) is 5.56 Å². The molecule has 6 heteroatoms. The standard InChI is InChI=1S/C74H42N4S2/c1-76-67-65(50-28-17-26-48(42-50)45-20-5-2-6-21-45)61(44-75)68(66(51-29-18-27-49(43-51)46-22-7-3-8-23-46)71(67)77-62-35-14-11-30-53(62)54-31-12-15-36-63(54)77)78-69-56(38-40-59-55-32-13-16-37-64(55)79-73(59)69)57-39-41-60-58-34-19-33-52(47-24-9-4-10-25-47)72(58)80-74(60)70(57)78/h2-43H. The molecule has 0 aliphatic rings. The van der Waals surface area contributed by atoms with Crippen LogP contribution in [0.25, 0.3) is 156 Å². The minimum Gasteiger partial charge on any atom is -0.318 e. The van der Waals surface area contributed by atoms with E-state index in [0.717, 1.165) is 114 Å². The molecule has 4 nitrogen and oxygen atoms in total. The molecule has 0 unspecified atom stereocenters. The second kappa shape index (κ2) is 18.1. The van der Waals surface area contributed by atoms with Crippen LogP contribution in [-0.4, -0.2) is 9.13 Å². The summed E-state index contributed by atoms with van der Waals surface area (Å²) in [4.78, 5) is 4.71. The number of benzene rings is 12. The van der Waals surface area contributed by atoms with Gasteiger partial charge in [-0.2, -0.15) is 5.26 Å². The Morgan fingerprint density at radius 2 is 0.800 bits per heavy atom. The number of hydrogen-bond acceptors (Lipinski definition) is 3. The SMILES string of the molecule is [C-]#[N+]c1c(-c2cccc(-c3ccccc3)c2)c(C#N)c(-n2c3c(ccc4c5ccccc5sc43)c3ccc4c5cccc(-c6ccccc6)c5sc4c32)c(-c2cccc(-c3ccccc3)c2)c1-n1c2ccccc2c2ccccc21. The van der Waals surface area contributed by atoms with Crippen molar-refractivity contribution >= 4 is 112 Å². The van der Waals surface area contributed by atoms with Gasteiger partial charge < -0.3 is 9.13 Å². The number of rotatable bonds is 7. The van der Waals surface area contributed by atoms with Gasteiger partial charge in [0, 0.05) is 63.6 Å². The first kappa shape index (κ1) is 45.8. The van der Waals surface area contributed by atoms with Gasteiger partial charge in [-0.05, 0) is 74.8 Å². The Bertz CT molecular complexity index is 5260. The topological polar surface area (TPSA) is 38.0 Å². The van der Waals surface area contributed by atoms with Crippen molar-refractivity contribution in [2.24, 2.45) is 0 Å². The molecule has 12 aromatic carbocycles. The van der Waals surface area contributed by atoms with Gasteiger partial charge in [-0.1, -0.05) is 224 Å². The van der Waals surface area contributed by atoms with Gasteiger partial charge in [0.1, 0.15) is 6.07 Å². The fourth-order valence-electron chi connectivity index (χ4n) is 12.7. The number of aromatic nitrogens is 2. The third-order valence-corrected chi connectivity index (χ3v) is 18.6. The lowest BCUT2D eigenvalue weighted by atomic mass is 9.87. The van der Waals surface area contributed by atoms with Crippen LogP contribution in [0, 0.1) is 17.9 Å². The van der Waals surface area contributed by atoms with Crippen molar-refractivity contribution < 1.29 is 0 Å². The summed E-state index contributed by atoms with van der Waals surface area (Å²) >= 11 is 3.62. The molecule has 16 aromatic rings. The van der Waals surface area contributed by atoms with Crippen LogP contribution in [0.2, 0.25) is 0 Å². The highest BCUT2D eigenvalue weighted by atomic mass is 32.1. The van der Waals surface area contributed by atoms with Gasteiger partial charge in [0.2, 0.25) is 5.69 Å². The molecule has 4 heterocycles. The van der Waals surface area contributed by atoms with Gasteiger partial charge in [-0.3, -0.25) is 0 Å². The van der Waals surface area contributed by atoms with Crippen LogP contribution in [-0.2, 0) is 0 Å². The molecular formula is C74H42N4S2. The molecule has 80 heavy (non-hydrogen) atoms. The molecule has 0 N–H and O–H groups in total. The Balaban J connectivity index is 1.19. The molecule has 0 aliphatic heterocycles. The predicted octanol–water partition coefficient (Wildman–Crippen LogP) is 21.4. The fourth-order valence-corrected chi connectivity index (χ4v) is 15.4. The van der Waals surface area contributed by atoms with Gasteiger partial charge in [0.05, 0.1) is 55.0 Å². The van der Waals surface area contributed by atoms with Crippen LogP contribution in [0.3, 0.4) is 0 Å². The van der Waals surface area contributed by atoms with Crippen molar-refractivity contribution in [2.45, 2.75) is 0 Å². The van der Waals surface area contributed by atoms with Crippen LogP contribution in [0.15, 0.2) is 255 Å². The van der Waals surface area contributed by atoms with Crippen molar-refractivity contribution in [3.8, 4) is 73.1 Å². The quantitative estimate of drug-likeness (QED) is 0.147. The van der Waals surface area contributed by atoms with E-state index in [1.165, 1.54) is 25.7 Å². The van der Waals surface area contributed by atoms with E-state index in [-0.39, 0.29) is 0 Å². The highest BCUT2D eigenvalue weighted by Gasteiger charge is 2.33. The van der Waals surface area contributed by atoms with Crippen LogP contribution in [0.4, 0.5) is 5.69 Å². The maximum atomic E-state index is 12.6. The molecule has 0 bridgehead atoms. The molecule has 4 aromatic heterocycles. The molecule has 0 atom stereocenters. The number of hydrogen-bond donors (Lipinski definition) is 0. The highest BCUT2D eigenvalue weighted by molar-refractivity contribution is 7.27.